The summed E-state index contributed by atoms with van der Waals surface area (Å²) in [6.45, 7) is 3.99. The molecule has 26 heavy (non-hydrogen) atoms. The SMILES string of the molecule is Cc1cccc(NC(=O)c2cncc(Nc3ccc(C#N)cc3)c2)c1C. The molecule has 3 aromatic rings. The average Bonchev–Trinajstić information content (AvgIpc) is 2.66. The molecule has 0 bridgehead atoms. The standard InChI is InChI=1S/C21H18N4O/c1-14-4-3-5-20(15(14)2)25-21(26)17-10-19(13-23-12-17)24-18-8-6-16(11-22)7-9-18/h3-10,12-13,24H,1-2H3,(H,25,26). The second kappa shape index (κ2) is 7.49. The largest absolute Gasteiger partial charge is 0.354 e. The number of aromatic nitrogens is 1. The maximum absolute atomic E-state index is 12.6. The van der Waals surface area contributed by atoms with Gasteiger partial charge in [-0.25, -0.2) is 0 Å². The van der Waals surface area contributed by atoms with Crippen LogP contribution in [0.4, 0.5) is 17.1 Å². The van der Waals surface area contributed by atoms with Gasteiger partial charge in [0.15, 0.2) is 0 Å². The third-order valence-electron chi connectivity index (χ3n) is 4.16. The Hall–Kier alpha value is -3.65. The van der Waals surface area contributed by atoms with Crippen LogP contribution in [0, 0.1) is 25.2 Å². The minimum absolute atomic E-state index is 0.213. The molecule has 3 rings (SSSR count). The summed E-state index contributed by atoms with van der Waals surface area (Å²) in [6, 6.07) is 16.7. The van der Waals surface area contributed by atoms with Crippen molar-refractivity contribution in [2.45, 2.75) is 13.8 Å². The van der Waals surface area contributed by atoms with Gasteiger partial charge in [-0.1, -0.05) is 12.1 Å². The van der Waals surface area contributed by atoms with Crippen LogP contribution in [0.2, 0.25) is 0 Å². The summed E-state index contributed by atoms with van der Waals surface area (Å²) in [5, 5.41) is 15.0. The first kappa shape index (κ1) is 17.2. The summed E-state index contributed by atoms with van der Waals surface area (Å²) < 4.78 is 0. The zero-order valence-electron chi connectivity index (χ0n) is 14.6. The molecule has 5 heteroatoms. The van der Waals surface area contributed by atoms with Gasteiger partial charge in [0.05, 0.1) is 29.1 Å². The highest BCUT2D eigenvalue weighted by atomic mass is 16.1. The first-order chi connectivity index (χ1) is 12.6. The van der Waals surface area contributed by atoms with Gasteiger partial charge in [-0.2, -0.15) is 5.26 Å². The second-order valence-corrected chi connectivity index (χ2v) is 5.98. The number of nitriles is 1. The van der Waals surface area contributed by atoms with E-state index < -0.39 is 0 Å². The molecule has 2 N–H and O–H groups in total. The normalized spacial score (nSPS) is 10.0. The number of rotatable bonds is 4. The number of hydrogen-bond acceptors (Lipinski definition) is 4. The van der Waals surface area contributed by atoms with Gasteiger partial charge >= 0.3 is 0 Å². The molecule has 0 atom stereocenters. The van der Waals surface area contributed by atoms with Gasteiger partial charge in [-0.05, 0) is 61.4 Å². The van der Waals surface area contributed by atoms with Crippen molar-refractivity contribution >= 4 is 23.0 Å². The summed E-state index contributed by atoms with van der Waals surface area (Å²) in [4.78, 5) is 16.7. The number of carbonyl (C=O) groups is 1. The topological polar surface area (TPSA) is 77.8 Å². The van der Waals surface area contributed by atoms with E-state index in [2.05, 4.69) is 21.7 Å². The van der Waals surface area contributed by atoms with E-state index in [4.69, 9.17) is 5.26 Å². The zero-order valence-corrected chi connectivity index (χ0v) is 14.6. The van der Waals surface area contributed by atoms with Crippen LogP contribution in [0.25, 0.3) is 0 Å². The van der Waals surface area contributed by atoms with E-state index in [1.54, 1.807) is 36.5 Å². The number of amides is 1. The number of benzene rings is 2. The lowest BCUT2D eigenvalue weighted by atomic mass is 10.1. The summed E-state index contributed by atoms with van der Waals surface area (Å²) in [5.41, 5.74) is 5.53. The molecule has 0 saturated carbocycles. The van der Waals surface area contributed by atoms with Gasteiger partial charge in [0, 0.05) is 17.6 Å². The van der Waals surface area contributed by atoms with Gasteiger partial charge in [0.25, 0.3) is 5.91 Å². The lowest BCUT2D eigenvalue weighted by Gasteiger charge is -2.11. The quantitative estimate of drug-likeness (QED) is 0.728. The Bertz CT molecular complexity index is 988. The third kappa shape index (κ3) is 3.87. The molecule has 0 aliphatic heterocycles. The van der Waals surface area contributed by atoms with Crippen LogP contribution < -0.4 is 10.6 Å². The van der Waals surface area contributed by atoms with Gasteiger partial charge in [0.2, 0.25) is 0 Å². The fourth-order valence-corrected chi connectivity index (χ4v) is 2.51. The van der Waals surface area contributed by atoms with E-state index >= 15 is 0 Å². The molecule has 0 aliphatic carbocycles. The monoisotopic (exact) mass is 342 g/mol. The first-order valence-electron chi connectivity index (χ1n) is 8.16. The molecule has 1 aromatic heterocycles. The minimum atomic E-state index is -0.213. The molecule has 0 aliphatic rings. The van der Waals surface area contributed by atoms with Crippen molar-refractivity contribution in [2.75, 3.05) is 10.6 Å². The van der Waals surface area contributed by atoms with Crippen LogP contribution in [0.15, 0.2) is 60.9 Å². The van der Waals surface area contributed by atoms with Crippen LogP contribution in [-0.4, -0.2) is 10.9 Å². The number of aryl methyl sites for hydroxylation is 1. The third-order valence-corrected chi connectivity index (χ3v) is 4.16. The van der Waals surface area contributed by atoms with Crippen LogP contribution in [0.1, 0.15) is 27.0 Å². The van der Waals surface area contributed by atoms with Gasteiger partial charge in [-0.15, -0.1) is 0 Å². The first-order valence-corrected chi connectivity index (χ1v) is 8.16. The number of carbonyl (C=O) groups excluding carboxylic acids is 1. The van der Waals surface area contributed by atoms with Gasteiger partial charge in [-0.3, -0.25) is 9.78 Å². The van der Waals surface area contributed by atoms with Gasteiger partial charge < -0.3 is 10.6 Å². The number of nitrogens with zero attached hydrogens (tertiary/aromatic N) is 2. The Morgan fingerprint density at radius 3 is 2.54 bits per heavy atom. The molecular weight excluding hydrogens is 324 g/mol. The van der Waals surface area contributed by atoms with Crippen molar-refractivity contribution in [1.29, 1.82) is 5.26 Å². The molecule has 0 radical (unpaired) electrons. The maximum atomic E-state index is 12.6. The number of nitrogens with one attached hydrogen (secondary N) is 2. The summed E-state index contributed by atoms with van der Waals surface area (Å²) in [6.07, 6.45) is 3.18. The van der Waals surface area contributed by atoms with Gasteiger partial charge in [0.1, 0.15) is 0 Å². The molecule has 0 spiro atoms. The maximum Gasteiger partial charge on any atom is 0.257 e. The molecule has 0 unspecified atom stereocenters. The highest BCUT2D eigenvalue weighted by Gasteiger charge is 2.10. The van der Waals surface area contributed by atoms with Crippen LogP contribution in [0.3, 0.4) is 0 Å². The number of hydrogen-bond donors (Lipinski definition) is 2. The van der Waals surface area contributed by atoms with Crippen molar-refractivity contribution in [3.8, 4) is 6.07 Å². The molecule has 0 fully saturated rings. The van der Waals surface area contributed by atoms with Crippen molar-refractivity contribution < 1.29 is 4.79 Å². The van der Waals surface area contributed by atoms with Crippen LogP contribution >= 0.6 is 0 Å². The predicted molar refractivity (Wildman–Crippen MR) is 103 cm³/mol. The lowest BCUT2D eigenvalue weighted by molar-refractivity contribution is 0.102. The molecule has 5 nitrogen and oxygen atoms in total. The minimum Gasteiger partial charge on any atom is -0.354 e. The number of pyridine rings is 1. The van der Waals surface area contributed by atoms with E-state index in [9.17, 15) is 4.79 Å². The van der Waals surface area contributed by atoms with E-state index in [1.165, 1.54) is 6.20 Å². The Morgan fingerprint density at radius 1 is 1.04 bits per heavy atom. The average molecular weight is 342 g/mol. The predicted octanol–water partition coefficient (Wildman–Crippen LogP) is 4.57. The lowest BCUT2D eigenvalue weighted by Crippen LogP contribution is -2.13. The highest BCUT2D eigenvalue weighted by molar-refractivity contribution is 6.05. The molecular formula is C21H18N4O. The van der Waals surface area contributed by atoms with Crippen molar-refractivity contribution in [3.63, 3.8) is 0 Å². The second-order valence-electron chi connectivity index (χ2n) is 5.98. The Kier molecular flexibility index (Phi) is 4.95. The van der Waals surface area contributed by atoms with Crippen molar-refractivity contribution in [1.82, 2.24) is 4.98 Å². The van der Waals surface area contributed by atoms with E-state index in [-0.39, 0.29) is 5.91 Å². The highest BCUT2D eigenvalue weighted by Crippen LogP contribution is 2.20. The smallest absolute Gasteiger partial charge is 0.257 e. The number of anilines is 3. The summed E-state index contributed by atoms with van der Waals surface area (Å²) in [5.74, 6) is -0.213. The van der Waals surface area contributed by atoms with Crippen molar-refractivity contribution in [2.24, 2.45) is 0 Å². The van der Waals surface area contributed by atoms with Crippen LogP contribution in [-0.2, 0) is 0 Å². The molecule has 1 amide bonds. The van der Waals surface area contributed by atoms with E-state index in [1.807, 2.05) is 32.0 Å². The fourth-order valence-electron chi connectivity index (χ4n) is 2.51. The Morgan fingerprint density at radius 2 is 1.81 bits per heavy atom. The molecule has 128 valence electrons. The zero-order chi connectivity index (χ0) is 18.5. The molecule has 0 saturated heterocycles. The molecule has 1 heterocycles. The van der Waals surface area contributed by atoms with E-state index in [0.717, 1.165) is 22.5 Å². The Balaban J connectivity index is 1.76. The Labute approximate surface area is 152 Å². The summed E-state index contributed by atoms with van der Waals surface area (Å²) in [7, 11) is 0. The van der Waals surface area contributed by atoms with E-state index in [0.29, 0.717) is 16.8 Å². The fraction of sp³-hybridized carbons (Fsp3) is 0.0952. The van der Waals surface area contributed by atoms with Crippen molar-refractivity contribution in [3.05, 3.63) is 83.2 Å². The molecule has 2 aromatic carbocycles. The summed E-state index contributed by atoms with van der Waals surface area (Å²) >= 11 is 0. The van der Waals surface area contributed by atoms with Crippen LogP contribution in [0.5, 0.6) is 0 Å².